The number of carbonyl (C=O) groups excluding carboxylic acids is 1. The Morgan fingerprint density at radius 3 is 2.54 bits per heavy atom. The molecular formula is C18H32IN5O2. The van der Waals surface area contributed by atoms with Crippen LogP contribution in [0, 0.1) is 0 Å². The van der Waals surface area contributed by atoms with E-state index in [1.54, 1.807) is 6.20 Å². The molecule has 0 bridgehead atoms. The third-order valence-electron chi connectivity index (χ3n) is 3.69. The maximum Gasteiger partial charge on any atom is 0.242 e. The lowest BCUT2D eigenvalue weighted by atomic mass is 10.3. The second kappa shape index (κ2) is 13.6. The van der Waals surface area contributed by atoms with Gasteiger partial charge in [-0.05, 0) is 39.3 Å². The molecule has 26 heavy (non-hydrogen) atoms. The van der Waals surface area contributed by atoms with E-state index in [4.69, 9.17) is 4.74 Å². The van der Waals surface area contributed by atoms with Crippen molar-refractivity contribution in [3.8, 4) is 5.88 Å². The van der Waals surface area contributed by atoms with Crippen molar-refractivity contribution in [2.24, 2.45) is 4.99 Å². The fourth-order valence-electron chi connectivity index (χ4n) is 2.37. The SMILES string of the molecule is CCNC(=NCc1ccnc(OCC)c1)N(C)CC(=O)N(CC)CC.I. The molecule has 0 aromatic carbocycles. The van der Waals surface area contributed by atoms with Gasteiger partial charge in [-0.3, -0.25) is 4.79 Å². The van der Waals surface area contributed by atoms with E-state index in [1.165, 1.54) is 0 Å². The Bertz CT molecular complexity index is 564. The van der Waals surface area contributed by atoms with Gasteiger partial charge in [0.15, 0.2) is 5.96 Å². The monoisotopic (exact) mass is 477 g/mol. The number of halogens is 1. The number of likely N-dealkylation sites (N-methyl/N-ethyl adjacent to an activating group) is 2. The molecule has 1 amide bonds. The lowest BCUT2D eigenvalue weighted by Crippen LogP contribution is -2.45. The Hall–Kier alpha value is -1.58. The zero-order valence-electron chi connectivity index (χ0n) is 16.5. The molecule has 148 valence electrons. The van der Waals surface area contributed by atoms with Crippen molar-refractivity contribution in [1.82, 2.24) is 20.1 Å². The molecule has 1 N–H and O–H groups in total. The molecule has 0 atom stereocenters. The average Bonchev–Trinajstić information content (AvgIpc) is 2.60. The van der Waals surface area contributed by atoms with E-state index in [0.717, 1.165) is 12.1 Å². The normalized spacial score (nSPS) is 10.7. The molecule has 0 saturated heterocycles. The van der Waals surface area contributed by atoms with Crippen LogP contribution < -0.4 is 10.1 Å². The second-order valence-corrected chi connectivity index (χ2v) is 5.53. The second-order valence-electron chi connectivity index (χ2n) is 5.53. The highest BCUT2D eigenvalue weighted by Crippen LogP contribution is 2.10. The highest BCUT2D eigenvalue weighted by atomic mass is 127. The van der Waals surface area contributed by atoms with Crippen LogP contribution in [0.4, 0.5) is 0 Å². The molecule has 0 saturated carbocycles. The number of hydrogen-bond acceptors (Lipinski definition) is 4. The zero-order valence-corrected chi connectivity index (χ0v) is 18.8. The van der Waals surface area contributed by atoms with Crippen LogP contribution in [0.15, 0.2) is 23.3 Å². The maximum atomic E-state index is 12.3. The zero-order chi connectivity index (χ0) is 18.7. The lowest BCUT2D eigenvalue weighted by Gasteiger charge is -2.25. The topological polar surface area (TPSA) is 70.1 Å². The third kappa shape index (κ3) is 8.20. The van der Waals surface area contributed by atoms with Gasteiger partial charge in [0.05, 0.1) is 19.7 Å². The fraction of sp³-hybridized carbons (Fsp3) is 0.611. The summed E-state index contributed by atoms with van der Waals surface area (Å²) in [7, 11) is 1.88. The quantitative estimate of drug-likeness (QED) is 0.336. The van der Waals surface area contributed by atoms with E-state index in [-0.39, 0.29) is 29.9 Å². The predicted molar refractivity (Wildman–Crippen MR) is 116 cm³/mol. The van der Waals surface area contributed by atoms with Gasteiger partial charge in [-0.25, -0.2) is 9.98 Å². The summed E-state index contributed by atoms with van der Waals surface area (Å²) >= 11 is 0. The number of hydrogen-bond donors (Lipinski definition) is 1. The standard InChI is InChI=1S/C18H31N5O2.HI/c1-6-19-18(22(5)14-17(24)23(7-2)8-3)21-13-15-10-11-20-16(12-15)25-9-4;/h10-12H,6-9,13-14H2,1-5H3,(H,19,21);1H. The van der Waals surface area contributed by atoms with Crippen LogP contribution in [0.2, 0.25) is 0 Å². The molecule has 0 fully saturated rings. The molecule has 7 nitrogen and oxygen atoms in total. The number of carbonyl (C=O) groups is 1. The number of nitrogens with one attached hydrogen (secondary N) is 1. The van der Waals surface area contributed by atoms with E-state index in [2.05, 4.69) is 15.3 Å². The van der Waals surface area contributed by atoms with Gasteiger partial charge in [-0.1, -0.05) is 0 Å². The van der Waals surface area contributed by atoms with Gasteiger partial charge in [-0.15, -0.1) is 24.0 Å². The number of aliphatic imine (C=N–C) groups is 1. The summed E-state index contributed by atoms with van der Waals surface area (Å²) in [6.45, 7) is 11.5. The van der Waals surface area contributed by atoms with Gasteiger partial charge in [0, 0.05) is 38.9 Å². The van der Waals surface area contributed by atoms with Crippen LogP contribution in [0.5, 0.6) is 5.88 Å². The van der Waals surface area contributed by atoms with Gasteiger partial charge in [-0.2, -0.15) is 0 Å². The number of ether oxygens (including phenoxy) is 1. The summed E-state index contributed by atoms with van der Waals surface area (Å²) in [5, 5.41) is 3.23. The Labute approximate surface area is 174 Å². The van der Waals surface area contributed by atoms with E-state index in [0.29, 0.717) is 44.6 Å². The number of amides is 1. The minimum atomic E-state index is 0. The summed E-state index contributed by atoms with van der Waals surface area (Å²) in [5.74, 6) is 1.41. The Kier molecular flexibility index (Phi) is 12.8. The fourth-order valence-corrected chi connectivity index (χ4v) is 2.37. The van der Waals surface area contributed by atoms with E-state index in [1.807, 2.05) is 56.7 Å². The molecule has 0 aliphatic rings. The van der Waals surface area contributed by atoms with Crippen molar-refractivity contribution < 1.29 is 9.53 Å². The lowest BCUT2D eigenvalue weighted by molar-refractivity contribution is -0.131. The number of pyridine rings is 1. The van der Waals surface area contributed by atoms with Crippen molar-refractivity contribution >= 4 is 35.8 Å². The molecule has 0 aliphatic heterocycles. The summed E-state index contributed by atoms with van der Waals surface area (Å²) in [6, 6.07) is 3.80. The first-order valence-electron chi connectivity index (χ1n) is 8.90. The minimum Gasteiger partial charge on any atom is -0.478 e. The van der Waals surface area contributed by atoms with Crippen molar-refractivity contribution in [1.29, 1.82) is 0 Å². The van der Waals surface area contributed by atoms with Crippen molar-refractivity contribution in [3.63, 3.8) is 0 Å². The molecule has 1 heterocycles. The Balaban J connectivity index is 0.00000625. The van der Waals surface area contributed by atoms with Crippen molar-refractivity contribution in [2.75, 3.05) is 39.8 Å². The number of guanidine groups is 1. The van der Waals surface area contributed by atoms with Gasteiger partial charge in [0.1, 0.15) is 0 Å². The van der Waals surface area contributed by atoms with Crippen molar-refractivity contribution in [3.05, 3.63) is 23.9 Å². The van der Waals surface area contributed by atoms with E-state index < -0.39 is 0 Å². The molecular weight excluding hydrogens is 445 g/mol. The Morgan fingerprint density at radius 1 is 1.27 bits per heavy atom. The van der Waals surface area contributed by atoms with E-state index in [9.17, 15) is 4.79 Å². The Morgan fingerprint density at radius 2 is 1.96 bits per heavy atom. The highest BCUT2D eigenvalue weighted by Gasteiger charge is 2.15. The molecule has 0 aliphatic carbocycles. The first-order valence-corrected chi connectivity index (χ1v) is 8.90. The van der Waals surface area contributed by atoms with Gasteiger partial charge < -0.3 is 19.9 Å². The third-order valence-corrected chi connectivity index (χ3v) is 3.69. The first-order chi connectivity index (χ1) is 12.0. The molecule has 8 heteroatoms. The van der Waals surface area contributed by atoms with Gasteiger partial charge >= 0.3 is 0 Å². The van der Waals surface area contributed by atoms with Crippen LogP contribution in [0.25, 0.3) is 0 Å². The maximum absolute atomic E-state index is 12.3. The van der Waals surface area contributed by atoms with E-state index >= 15 is 0 Å². The summed E-state index contributed by atoms with van der Waals surface area (Å²) in [5.41, 5.74) is 1.01. The molecule has 1 aromatic rings. The average molecular weight is 477 g/mol. The smallest absolute Gasteiger partial charge is 0.242 e. The summed E-state index contributed by atoms with van der Waals surface area (Å²) < 4.78 is 5.42. The van der Waals surface area contributed by atoms with Gasteiger partial charge in [0.2, 0.25) is 11.8 Å². The van der Waals surface area contributed by atoms with Gasteiger partial charge in [0.25, 0.3) is 0 Å². The van der Waals surface area contributed by atoms with Crippen LogP contribution >= 0.6 is 24.0 Å². The number of rotatable bonds is 9. The molecule has 1 aromatic heterocycles. The minimum absolute atomic E-state index is 0. The molecule has 0 unspecified atom stereocenters. The van der Waals surface area contributed by atoms with Crippen LogP contribution in [0.1, 0.15) is 33.3 Å². The largest absolute Gasteiger partial charge is 0.478 e. The van der Waals surface area contributed by atoms with Crippen LogP contribution in [0.3, 0.4) is 0 Å². The molecule has 0 spiro atoms. The molecule has 1 rings (SSSR count). The highest BCUT2D eigenvalue weighted by molar-refractivity contribution is 14.0. The summed E-state index contributed by atoms with van der Waals surface area (Å²) in [4.78, 5) is 24.7. The summed E-state index contributed by atoms with van der Waals surface area (Å²) in [6.07, 6.45) is 1.72. The van der Waals surface area contributed by atoms with Crippen molar-refractivity contribution in [2.45, 2.75) is 34.2 Å². The van der Waals surface area contributed by atoms with Crippen LogP contribution in [-0.2, 0) is 11.3 Å². The predicted octanol–water partition coefficient (Wildman–Crippen LogP) is 2.36. The van der Waals surface area contributed by atoms with Crippen LogP contribution in [-0.4, -0.2) is 66.5 Å². The number of aromatic nitrogens is 1. The molecule has 0 radical (unpaired) electrons. The first kappa shape index (κ1) is 24.4. The number of nitrogens with zero attached hydrogens (tertiary/aromatic N) is 4.